The van der Waals surface area contributed by atoms with Gasteiger partial charge in [0.15, 0.2) is 0 Å². The van der Waals surface area contributed by atoms with Gasteiger partial charge in [0.05, 0.1) is 5.56 Å². The van der Waals surface area contributed by atoms with Crippen molar-refractivity contribution >= 4 is 43.3 Å². The summed E-state index contributed by atoms with van der Waals surface area (Å²) in [5.74, 6) is 0.763. The fourth-order valence-electron chi connectivity index (χ4n) is 2.79. The summed E-state index contributed by atoms with van der Waals surface area (Å²) in [7, 11) is 0. The Balaban J connectivity index is 1.96. The number of amides is 1. The predicted molar refractivity (Wildman–Crippen MR) is 84.2 cm³/mol. The highest BCUT2D eigenvalue weighted by Crippen LogP contribution is 2.31. The van der Waals surface area contributed by atoms with Crippen LogP contribution < -0.4 is 0 Å². The number of carbonyl (C=O) groups is 1. The van der Waals surface area contributed by atoms with E-state index in [4.69, 9.17) is 0 Å². The van der Waals surface area contributed by atoms with Gasteiger partial charge in [0, 0.05) is 33.4 Å². The van der Waals surface area contributed by atoms with Crippen LogP contribution in [0.4, 0.5) is 0 Å². The minimum absolute atomic E-state index is 0.186. The van der Waals surface area contributed by atoms with Crippen LogP contribution in [0.3, 0.4) is 0 Å². The summed E-state index contributed by atoms with van der Waals surface area (Å²) in [5, 5.41) is 3.95. The molecule has 0 bridgehead atoms. The minimum atomic E-state index is 0.186. The number of rotatable bonds is 2. The van der Waals surface area contributed by atoms with Crippen molar-refractivity contribution < 1.29 is 4.79 Å². The Hall–Kier alpha value is -0.870. The molecule has 1 fully saturated rings. The molecule has 0 radical (unpaired) electrons. The first-order chi connectivity index (χ1) is 9.22. The van der Waals surface area contributed by atoms with Crippen molar-refractivity contribution in [3.63, 3.8) is 0 Å². The zero-order valence-corrected chi connectivity index (χ0v) is 13.2. The second-order valence-corrected chi connectivity index (χ2v) is 6.69. The Labute approximate surface area is 125 Å². The van der Waals surface area contributed by atoms with Crippen LogP contribution in [0.1, 0.15) is 23.7 Å². The normalized spacial score (nSPS) is 23.2. The third kappa shape index (κ3) is 2.21. The van der Waals surface area contributed by atoms with Gasteiger partial charge in [-0.15, -0.1) is 11.3 Å². The summed E-state index contributed by atoms with van der Waals surface area (Å²) in [5.41, 5.74) is 0.862. The van der Waals surface area contributed by atoms with Crippen LogP contribution in [0.5, 0.6) is 0 Å². The molecule has 0 aliphatic carbocycles. The van der Waals surface area contributed by atoms with Crippen molar-refractivity contribution in [3.05, 3.63) is 35.2 Å². The van der Waals surface area contributed by atoms with E-state index in [-0.39, 0.29) is 5.91 Å². The van der Waals surface area contributed by atoms with E-state index in [1.807, 2.05) is 28.5 Å². The predicted octanol–water partition coefficient (Wildman–Crippen LogP) is 4.15. The van der Waals surface area contributed by atoms with Gasteiger partial charge in [0.1, 0.15) is 0 Å². The van der Waals surface area contributed by atoms with Crippen molar-refractivity contribution in [2.75, 3.05) is 11.9 Å². The first-order valence-corrected chi connectivity index (χ1v) is 8.55. The van der Waals surface area contributed by atoms with E-state index in [1.165, 1.54) is 4.70 Å². The molecule has 0 saturated carbocycles. The first kappa shape index (κ1) is 13.1. The molecule has 4 heteroatoms. The quantitative estimate of drug-likeness (QED) is 0.754. The average molecular weight is 338 g/mol. The first-order valence-electron chi connectivity index (χ1n) is 6.55. The molecule has 1 aliphatic rings. The molecule has 100 valence electrons. The summed E-state index contributed by atoms with van der Waals surface area (Å²) in [6, 6.07) is 8.46. The number of hydrogen-bond donors (Lipinski definition) is 0. The van der Waals surface area contributed by atoms with Gasteiger partial charge in [0.2, 0.25) is 0 Å². The fourth-order valence-corrected chi connectivity index (χ4v) is 4.72. The molecule has 2 atom stereocenters. The molecule has 1 amide bonds. The van der Waals surface area contributed by atoms with Gasteiger partial charge in [0.25, 0.3) is 5.91 Å². The molecular formula is C15H16BrNOS. The monoisotopic (exact) mass is 337 g/mol. The molecule has 1 aliphatic heterocycles. The van der Waals surface area contributed by atoms with Crippen LogP contribution in [0.25, 0.3) is 10.1 Å². The van der Waals surface area contributed by atoms with E-state index >= 15 is 0 Å². The number of hydrogen-bond acceptors (Lipinski definition) is 2. The third-order valence-electron chi connectivity index (χ3n) is 4.01. The zero-order valence-electron chi connectivity index (χ0n) is 10.8. The molecule has 2 heterocycles. The Morgan fingerprint density at radius 2 is 2.26 bits per heavy atom. The summed E-state index contributed by atoms with van der Waals surface area (Å²) in [6.07, 6.45) is 1.10. The number of halogens is 1. The van der Waals surface area contributed by atoms with Crippen molar-refractivity contribution in [2.24, 2.45) is 5.92 Å². The van der Waals surface area contributed by atoms with E-state index in [2.05, 4.69) is 28.9 Å². The molecular weight excluding hydrogens is 322 g/mol. The molecule has 2 aromatic rings. The van der Waals surface area contributed by atoms with Crippen LogP contribution in [0, 0.1) is 5.92 Å². The number of fused-ring (bicyclic) bond motifs is 1. The Morgan fingerprint density at radius 1 is 1.47 bits per heavy atom. The SMILES string of the molecule is CC1CCN(C(=O)c2csc3ccccc23)C1CBr. The van der Waals surface area contributed by atoms with E-state index in [0.29, 0.717) is 12.0 Å². The molecule has 1 saturated heterocycles. The number of thiophene rings is 1. The molecule has 19 heavy (non-hydrogen) atoms. The van der Waals surface area contributed by atoms with E-state index < -0.39 is 0 Å². The zero-order chi connectivity index (χ0) is 13.4. The topological polar surface area (TPSA) is 20.3 Å². The van der Waals surface area contributed by atoms with Crippen molar-refractivity contribution in [1.82, 2.24) is 4.90 Å². The molecule has 1 aromatic heterocycles. The highest BCUT2D eigenvalue weighted by Gasteiger charge is 2.34. The van der Waals surface area contributed by atoms with Gasteiger partial charge >= 0.3 is 0 Å². The summed E-state index contributed by atoms with van der Waals surface area (Å²) < 4.78 is 1.19. The lowest BCUT2D eigenvalue weighted by molar-refractivity contribution is 0.0741. The van der Waals surface area contributed by atoms with Crippen LogP contribution >= 0.6 is 27.3 Å². The molecule has 2 unspecified atom stereocenters. The number of benzene rings is 1. The van der Waals surface area contributed by atoms with E-state index in [1.54, 1.807) is 11.3 Å². The Kier molecular flexibility index (Phi) is 3.63. The van der Waals surface area contributed by atoms with Crippen molar-refractivity contribution in [3.8, 4) is 0 Å². The van der Waals surface area contributed by atoms with Crippen LogP contribution in [-0.2, 0) is 0 Å². The second-order valence-electron chi connectivity index (χ2n) is 5.13. The molecule has 2 nitrogen and oxygen atoms in total. The number of likely N-dealkylation sites (tertiary alicyclic amines) is 1. The number of carbonyl (C=O) groups excluding carboxylic acids is 1. The van der Waals surface area contributed by atoms with Gasteiger partial charge in [-0.05, 0) is 18.4 Å². The smallest absolute Gasteiger partial charge is 0.255 e. The fraction of sp³-hybridized carbons (Fsp3) is 0.400. The van der Waals surface area contributed by atoms with Crippen molar-refractivity contribution in [1.29, 1.82) is 0 Å². The number of alkyl halides is 1. The van der Waals surface area contributed by atoms with Gasteiger partial charge < -0.3 is 4.90 Å². The van der Waals surface area contributed by atoms with E-state index in [0.717, 1.165) is 29.2 Å². The van der Waals surface area contributed by atoms with Crippen LogP contribution in [0.15, 0.2) is 29.6 Å². The van der Waals surface area contributed by atoms with Gasteiger partial charge in [-0.1, -0.05) is 41.1 Å². The van der Waals surface area contributed by atoms with Crippen LogP contribution in [0.2, 0.25) is 0 Å². The maximum atomic E-state index is 12.7. The molecule has 0 spiro atoms. The Bertz CT molecular complexity index is 609. The highest BCUT2D eigenvalue weighted by atomic mass is 79.9. The Morgan fingerprint density at radius 3 is 3.05 bits per heavy atom. The van der Waals surface area contributed by atoms with Gasteiger partial charge in [-0.3, -0.25) is 4.79 Å². The third-order valence-corrected chi connectivity index (χ3v) is 5.64. The number of nitrogens with zero attached hydrogens (tertiary/aromatic N) is 1. The lowest BCUT2D eigenvalue weighted by Crippen LogP contribution is -2.38. The lowest BCUT2D eigenvalue weighted by atomic mass is 10.0. The molecule has 3 rings (SSSR count). The molecule has 0 N–H and O–H groups in total. The van der Waals surface area contributed by atoms with Gasteiger partial charge in [-0.25, -0.2) is 0 Å². The summed E-state index contributed by atoms with van der Waals surface area (Å²) in [6.45, 7) is 3.10. The van der Waals surface area contributed by atoms with E-state index in [9.17, 15) is 4.79 Å². The summed E-state index contributed by atoms with van der Waals surface area (Å²) in [4.78, 5) is 14.8. The second kappa shape index (κ2) is 5.25. The van der Waals surface area contributed by atoms with Crippen LogP contribution in [-0.4, -0.2) is 28.7 Å². The summed E-state index contributed by atoms with van der Waals surface area (Å²) >= 11 is 5.20. The lowest BCUT2D eigenvalue weighted by Gasteiger charge is -2.25. The maximum absolute atomic E-state index is 12.7. The van der Waals surface area contributed by atoms with Crippen molar-refractivity contribution in [2.45, 2.75) is 19.4 Å². The standard InChI is InChI=1S/C15H16BrNOS/c1-10-6-7-17(13(10)8-16)15(18)12-9-19-14-5-3-2-4-11(12)14/h2-5,9-10,13H,6-8H2,1H3. The largest absolute Gasteiger partial charge is 0.335 e. The average Bonchev–Trinajstić information content (AvgIpc) is 3.01. The van der Waals surface area contributed by atoms with Gasteiger partial charge in [-0.2, -0.15) is 0 Å². The highest BCUT2D eigenvalue weighted by molar-refractivity contribution is 9.09. The minimum Gasteiger partial charge on any atom is -0.335 e. The maximum Gasteiger partial charge on any atom is 0.255 e. The molecule has 1 aromatic carbocycles.